The first-order valence-corrected chi connectivity index (χ1v) is 4.26. The van der Waals surface area contributed by atoms with E-state index in [1.54, 1.807) is 6.92 Å². The highest BCUT2D eigenvalue weighted by Gasteiger charge is 2.19. The van der Waals surface area contributed by atoms with Crippen LogP contribution in [0, 0.1) is 0 Å². The Bertz CT molecular complexity index is 236. The maximum atomic E-state index is 11.2. The van der Waals surface area contributed by atoms with Gasteiger partial charge in [-0.25, -0.2) is 0 Å². The zero-order valence-corrected chi connectivity index (χ0v) is 8.30. The Labute approximate surface area is 86.2 Å². The van der Waals surface area contributed by atoms with Gasteiger partial charge in [0.1, 0.15) is 19.7 Å². The fourth-order valence-corrected chi connectivity index (χ4v) is 0.839. The third-order valence-corrected chi connectivity index (χ3v) is 1.43. The summed E-state index contributed by atoms with van der Waals surface area (Å²) in [7, 11) is 0. The Kier molecular flexibility index (Phi) is 6.03. The molecule has 1 amide bonds. The molecule has 0 fully saturated rings. The molecule has 0 unspecified atom stereocenters. The van der Waals surface area contributed by atoms with Crippen LogP contribution in [0.5, 0.6) is 0 Å². The van der Waals surface area contributed by atoms with Crippen molar-refractivity contribution in [2.75, 3.05) is 26.3 Å². The smallest absolute Gasteiger partial charge is 0.323 e. The monoisotopic (exact) mass is 219 g/mol. The third kappa shape index (κ3) is 6.44. The summed E-state index contributed by atoms with van der Waals surface area (Å²) in [6.45, 7) is 0.388. The molecule has 0 spiro atoms. The highest BCUT2D eigenvalue weighted by molar-refractivity contribution is 5.85. The number of carboxylic acid groups (broad SMARTS) is 2. The number of amides is 1. The lowest BCUT2D eigenvalue weighted by molar-refractivity contribution is -0.151. The van der Waals surface area contributed by atoms with Crippen molar-refractivity contribution in [2.45, 2.75) is 6.92 Å². The molecule has 0 saturated heterocycles. The molecule has 0 radical (unpaired) electrons. The lowest BCUT2D eigenvalue weighted by Gasteiger charge is -2.17. The van der Waals surface area contributed by atoms with Crippen molar-refractivity contribution in [3.05, 3.63) is 0 Å². The van der Waals surface area contributed by atoms with Crippen LogP contribution in [0.15, 0.2) is 0 Å². The molecule has 7 heteroatoms. The first kappa shape index (κ1) is 13.4. The zero-order chi connectivity index (χ0) is 11.8. The van der Waals surface area contributed by atoms with Gasteiger partial charge in [-0.1, -0.05) is 0 Å². The maximum absolute atomic E-state index is 11.2. The highest BCUT2D eigenvalue weighted by atomic mass is 16.5. The van der Waals surface area contributed by atoms with Gasteiger partial charge in [0.05, 0.1) is 0 Å². The lowest BCUT2D eigenvalue weighted by Crippen LogP contribution is -2.41. The molecule has 86 valence electrons. The number of hydrogen-bond acceptors (Lipinski definition) is 4. The van der Waals surface area contributed by atoms with Gasteiger partial charge in [-0.2, -0.15) is 0 Å². The Hall–Kier alpha value is -1.63. The number of carbonyl (C=O) groups excluding carboxylic acids is 1. The minimum atomic E-state index is -1.26. The fraction of sp³-hybridized carbons (Fsp3) is 0.625. The average molecular weight is 219 g/mol. The van der Waals surface area contributed by atoms with Crippen molar-refractivity contribution >= 4 is 17.8 Å². The van der Waals surface area contributed by atoms with Crippen molar-refractivity contribution in [3.63, 3.8) is 0 Å². The Morgan fingerprint density at radius 3 is 1.93 bits per heavy atom. The predicted molar refractivity (Wildman–Crippen MR) is 48.3 cm³/mol. The van der Waals surface area contributed by atoms with Crippen LogP contribution in [-0.4, -0.2) is 59.3 Å². The van der Waals surface area contributed by atoms with Crippen molar-refractivity contribution in [2.24, 2.45) is 0 Å². The van der Waals surface area contributed by atoms with Crippen LogP contribution >= 0.6 is 0 Å². The number of aliphatic carboxylic acids is 2. The minimum Gasteiger partial charge on any atom is -0.480 e. The van der Waals surface area contributed by atoms with Gasteiger partial charge >= 0.3 is 11.9 Å². The van der Waals surface area contributed by atoms with E-state index in [2.05, 4.69) is 0 Å². The third-order valence-electron chi connectivity index (χ3n) is 1.43. The minimum absolute atomic E-state index is 0.305. The molecule has 0 aromatic heterocycles. The predicted octanol–water partition coefficient (Wildman–Crippen LogP) is -0.979. The van der Waals surface area contributed by atoms with E-state index in [0.29, 0.717) is 11.5 Å². The fourth-order valence-electron chi connectivity index (χ4n) is 0.839. The molecular formula is C8H13NO6. The standard InChI is InChI=1S/C8H13NO6/c1-2-15-5-6(10)9(3-7(11)12)4-8(13)14/h2-5H2,1H3,(H,11,12)(H,13,14). The van der Waals surface area contributed by atoms with E-state index in [0.717, 1.165) is 0 Å². The van der Waals surface area contributed by atoms with Crippen LogP contribution in [0.2, 0.25) is 0 Å². The number of carbonyl (C=O) groups is 3. The molecule has 0 bridgehead atoms. The second-order valence-corrected chi connectivity index (χ2v) is 2.67. The summed E-state index contributed by atoms with van der Waals surface area (Å²) in [6, 6.07) is 0. The van der Waals surface area contributed by atoms with E-state index < -0.39 is 30.9 Å². The summed E-state index contributed by atoms with van der Waals surface area (Å²) in [5, 5.41) is 16.9. The molecule has 0 aliphatic heterocycles. The van der Waals surface area contributed by atoms with Crippen LogP contribution in [0.25, 0.3) is 0 Å². The second-order valence-electron chi connectivity index (χ2n) is 2.67. The zero-order valence-electron chi connectivity index (χ0n) is 8.30. The molecule has 0 aliphatic carbocycles. The van der Waals surface area contributed by atoms with Crippen molar-refractivity contribution in [1.29, 1.82) is 0 Å². The average Bonchev–Trinajstić information content (AvgIpc) is 2.11. The van der Waals surface area contributed by atoms with Gasteiger partial charge in [-0.15, -0.1) is 0 Å². The van der Waals surface area contributed by atoms with E-state index >= 15 is 0 Å². The topological polar surface area (TPSA) is 104 Å². The lowest BCUT2D eigenvalue weighted by atomic mass is 10.4. The first-order valence-electron chi connectivity index (χ1n) is 4.26. The summed E-state index contributed by atoms with van der Waals surface area (Å²) in [5.41, 5.74) is 0. The molecule has 0 aromatic carbocycles. The molecule has 0 aliphatic rings. The molecule has 0 heterocycles. The maximum Gasteiger partial charge on any atom is 0.323 e. The van der Waals surface area contributed by atoms with E-state index in [1.807, 2.05) is 0 Å². The van der Waals surface area contributed by atoms with Gasteiger partial charge in [0, 0.05) is 6.61 Å². The molecular weight excluding hydrogens is 206 g/mol. The van der Waals surface area contributed by atoms with Crippen LogP contribution < -0.4 is 0 Å². The SMILES string of the molecule is CCOCC(=O)N(CC(=O)O)CC(=O)O. The first-order chi connectivity index (χ1) is 6.97. The van der Waals surface area contributed by atoms with Crippen molar-refractivity contribution in [3.8, 4) is 0 Å². The number of nitrogens with zero attached hydrogens (tertiary/aromatic N) is 1. The highest BCUT2D eigenvalue weighted by Crippen LogP contribution is 1.91. The number of rotatable bonds is 7. The van der Waals surface area contributed by atoms with Gasteiger partial charge in [0.15, 0.2) is 0 Å². The van der Waals surface area contributed by atoms with Crippen molar-refractivity contribution in [1.82, 2.24) is 4.90 Å². The summed E-state index contributed by atoms with van der Waals surface area (Å²) in [5.74, 6) is -3.18. The molecule has 15 heavy (non-hydrogen) atoms. The van der Waals surface area contributed by atoms with Gasteiger partial charge in [-0.3, -0.25) is 14.4 Å². The summed E-state index contributed by atoms with van der Waals surface area (Å²) in [6.07, 6.45) is 0. The number of hydrogen-bond donors (Lipinski definition) is 2. The molecule has 0 atom stereocenters. The van der Waals surface area contributed by atoms with Crippen LogP contribution in [0.1, 0.15) is 6.92 Å². The Morgan fingerprint density at radius 2 is 1.60 bits per heavy atom. The van der Waals surface area contributed by atoms with Crippen LogP contribution in [-0.2, 0) is 19.1 Å². The van der Waals surface area contributed by atoms with E-state index in [9.17, 15) is 14.4 Å². The largest absolute Gasteiger partial charge is 0.480 e. The normalized spacial score (nSPS) is 9.67. The van der Waals surface area contributed by atoms with Crippen LogP contribution in [0.4, 0.5) is 0 Å². The summed E-state index contributed by atoms with van der Waals surface area (Å²) >= 11 is 0. The number of ether oxygens (including phenoxy) is 1. The van der Waals surface area contributed by atoms with Crippen molar-refractivity contribution < 1.29 is 29.3 Å². The van der Waals surface area contributed by atoms with Gasteiger partial charge in [0.2, 0.25) is 5.91 Å². The van der Waals surface area contributed by atoms with E-state index in [1.165, 1.54) is 0 Å². The van der Waals surface area contributed by atoms with Gasteiger partial charge in [0.25, 0.3) is 0 Å². The molecule has 2 N–H and O–H groups in total. The van der Waals surface area contributed by atoms with E-state index in [4.69, 9.17) is 14.9 Å². The second kappa shape index (κ2) is 6.77. The molecule has 7 nitrogen and oxygen atoms in total. The summed E-state index contributed by atoms with van der Waals surface area (Å²) in [4.78, 5) is 32.6. The molecule has 0 aromatic rings. The molecule has 0 rings (SSSR count). The van der Waals surface area contributed by atoms with Gasteiger partial charge < -0.3 is 19.8 Å². The quantitative estimate of drug-likeness (QED) is 0.570. The number of carboxylic acids is 2. The Balaban J connectivity index is 4.26. The summed E-state index contributed by atoms with van der Waals surface area (Å²) < 4.78 is 4.76. The van der Waals surface area contributed by atoms with E-state index in [-0.39, 0.29) is 6.61 Å². The molecule has 0 saturated carbocycles. The Morgan fingerprint density at radius 1 is 1.13 bits per heavy atom. The van der Waals surface area contributed by atoms with Crippen LogP contribution in [0.3, 0.4) is 0 Å². The van der Waals surface area contributed by atoms with Gasteiger partial charge in [-0.05, 0) is 6.92 Å².